The fourth-order valence-corrected chi connectivity index (χ4v) is 2.89. The molecule has 0 aliphatic heterocycles. The molecule has 4 heteroatoms. The van der Waals surface area contributed by atoms with Crippen molar-refractivity contribution in [3.8, 4) is 0 Å². The molecule has 1 rings (SSSR count). The van der Waals surface area contributed by atoms with E-state index in [0.29, 0.717) is 12.3 Å². The van der Waals surface area contributed by atoms with Gasteiger partial charge in [0.1, 0.15) is 0 Å². The first-order valence-corrected chi connectivity index (χ1v) is 7.48. The van der Waals surface area contributed by atoms with Crippen LogP contribution in [0.3, 0.4) is 0 Å². The van der Waals surface area contributed by atoms with E-state index in [2.05, 4.69) is 31.1 Å². The third kappa shape index (κ3) is 5.46. The highest BCUT2D eigenvalue weighted by Crippen LogP contribution is 2.22. The van der Waals surface area contributed by atoms with Gasteiger partial charge in [-0.2, -0.15) is 0 Å². The van der Waals surface area contributed by atoms with E-state index in [4.69, 9.17) is 0 Å². The Hall–Kier alpha value is -0.450. The normalized spacial score (nSPS) is 15.1. The van der Waals surface area contributed by atoms with Crippen molar-refractivity contribution < 1.29 is 5.11 Å². The highest BCUT2D eigenvalue weighted by molar-refractivity contribution is 7.11. The summed E-state index contributed by atoms with van der Waals surface area (Å²) in [7, 11) is 0. The number of nitrogens with one attached hydrogen (secondary N) is 1. The number of hydrogen-bond donors (Lipinski definition) is 2. The largest absolute Gasteiger partial charge is 0.390 e. The van der Waals surface area contributed by atoms with E-state index in [0.717, 1.165) is 30.2 Å². The van der Waals surface area contributed by atoms with Crippen LogP contribution < -0.4 is 5.32 Å². The number of aliphatic hydroxyl groups is 1. The third-order valence-corrected chi connectivity index (χ3v) is 4.07. The van der Waals surface area contributed by atoms with Gasteiger partial charge in [0.2, 0.25) is 0 Å². The van der Waals surface area contributed by atoms with Crippen molar-refractivity contribution in [3.63, 3.8) is 0 Å². The van der Waals surface area contributed by atoms with Crippen LogP contribution in [0.5, 0.6) is 0 Å². The number of thiazole rings is 1. The first-order valence-electron chi connectivity index (χ1n) is 6.66. The van der Waals surface area contributed by atoms with Gasteiger partial charge in [0, 0.05) is 11.3 Å². The molecule has 1 unspecified atom stereocenters. The monoisotopic (exact) mass is 270 g/mol. The molecule has 1 aromatic heterocycles. The van der Waals surface area contributed by atoms with E-state index < -0.39 is 5.60 Å². The van der Waals surface area contributed by atoms with Gasteiger partial charge in [-0.3, -0.25) is 0 Å². The van der Waals surface area contributed by atoms with E-state index in [-0.39, 0.29) is 0 Å². The number of hydrogen-bond acceptors (Lipinski definition) is 4. The minimum atomic E-state index is -0.666. The molecule has 0 aliphatic carbocycles. The summed E-state index contributed by atoms with van der Waals surface area (Å²) < 4.78 is 0. The molecule has 0 bridgehead atoms. The highest BCUT2D eigenvalue weighted by Gasteiger charge is 2.22. The lowest BCUT2D eigenvalue weighted by atomic mass is 9.98. The predicted molar refractivity (Wildman–Crippen MR) is 78.2 cm³/mol. The van der Waals surface area contributed by atoms with Crippen LogP contribution in [0.4, 0.5) is 0 Å². The minimum Gasteiger partial charge on any atom is -0.390 e. The molecular weight excluding hydrogens is 244 g/mol. The second-order valence-corrected chi connectivity index (χ2v) is 7.06. The zero-order chi connectivity index (χ0) is 13.8. The van der Waals surface area contributed by atoms with Gasteiger partial charge in [-0.05, 0) is 46.2 Å². The van der Waals surface area contributed by atoms with Gasteiger partial charge in [-0.15, -0.1) is 11.3 Å². The Kier molecular flexibility index (Phi) is 5.76. The van der Waals surface area contributed by atoms with Crippen LogP contribution in [0.1, 0.15) is 42.8 Å². The van der Waals surface area contributed by atoms with Crippen molar-refractivity contribution >= 4 is 11.3 Å². The van der Waals surface area contributed by atoms with Crippen LogP contribution >= 0.6 is 11.3 Å². The maximum absolute atomic E-state index is 10.4. The topological polar surface area (TPSA) is 45.2 Å². The fourth-order valence-electron chi connectivity index (χ4n) is 1.78. The lowest BCUT2D eigenvalue weighted by molar-refractivity contribution is 0.0513. The molecule has 0 saturated carbocycles. The molecule has 18 heavy (non-hydrogen) atoms. The fraction of sp³-hybridized carbons (Fsp3) is 0.786. The first kappa shape index (κ1) is 15.6. The molecule has 0 aliphatic rings. The average Bonchev–Trinajstić information content (AvgIpc) is 2.52. The van der Waals surface area contributed by atoms with Crippen molar-refractivity contribution in [2.24, 2.45) is 5.92 Å². The molecule has 0 aromatic carbocycles. The van der Waals surface area contributed by atoms with Gasteiger partial charge < -0.3 is 10.4 Å². The quantitative estimate of drug-likeness (QED) is 0.749. The predicted octanol–water partition coefficient (Wildman–Crippen LogP) is 2.69. The van der Waals surface area contributed by atoms with Crippen molar-refractivity contribution in [3.05, 3.63) is 15.6 Å². The lowest BCUT2D eigenvalue weighted by Crippen LogP contribution is -2.33. The van der Waals surface area contributed by atoms with Crippen LogP contribution in [0.2, 0.25) is 0 Å². The van der Waals surface area contributed by atoms with E-state index in [1.165, 1.54) is 4.88 Å². The zero-order valence-corrected chi connectivity index (χ0v) is 13.0. The molecule has 0 amide bonds. The summed E-state index contributed by atoms with van der Waals surface area (Å²) in [4.78, 5) is 5.74. The first-order chi connectivity index (χ1) is 8.30. The van der Waals surface area contributed by atoms with Crippen molar-refractivity contribution in [1.82, 2.24) is 10.3 Å². The molecule has 1 atom stereocenters. The lowest BCUT2D eigenvalue weighted by Gasteiger charge is -2.22. The summed E-state index contributed by atoms with van der Waals surface area (Å²) in [6.45, 7) is 12.2. The molecule has 3 nitrogen and oxygen atoms in total. The van der Waals surface area contributed by atoms with Gasteiger partial charge in [-0.1, -0.05) is 13.8 Å². The van der Waals surface area contributed by atoms with E-state index in [1.807, 2.05) is 13.8 Å². The maximum Gasteiger partial charge on any atom is 0.0959 e. The summed E-state index contributed by atoms with van der Waals surface area (Å²) in [5.74, 6) is 0.652. The van der Waals surface area contributed by atoms with Gasteiger partial charge in [0.05, 0.1) is 16.3 Å². The molecule has 1 heterocycles. The second kappa shape index (κ2) is 6.64. The molecule has 1 aromatic rings. The van der Waals surface area contributed by atoms with E-state index in [1.54, 1.807) is 11.3 Å². The van der Waals surface area contributed by atoms with Gasteiger partial charge in [-0.25, -0.2) is 4.98 Å². The van der Waals surface area contributed by atoms with Gasteiger partial charge in [0.25, 0.3) is 0 Å². The van der Waals surface area contributed by atoms with Crippen molar-refractivity contribution in [2.45, 2.75) is 53.1 Å². The maximum atomic E-state index is 10.4. The molecule has 2 N–H and O–H groups in total. The standard InChI is InChI=1S/C14H26N2OS/c1-10(2)9-15-7-6-14(5,17)8-13-16-11(3)12(4)18-13/h10,15,17H,6-9H2,1-5H3. The number of aromatic nitrogens is 1. The number of aryl methyl sites for hydroxylation is 2. The second-order valence-electron chi connectivity index (χ2n) is 5.77. The Morgan fingerprint density at radius 3 is 2.56 bits per heavy atom. The Labute approximate surface area is 115 Å². The molecule has 104 valence electrons. The summed E-state index contributed by atoms with van der Waals surface area (Å²) >= 11 is 1.69. The van der Waals surface area contributed by atoms with Crippen LogP contribution in [0, 0.1) is 19.8 Å². The summed E-state index contributed by atoms with van der Waals surface area (Å²) in [6.07, 6.45) is 1.41. The van der Waals surface area contributed by atoms with Crippen LogP contribution in [-0.2, 0) is 6.42 Å². The van der Waals surface area contributed by atoms with Gasteiger partial charge in [0.15, 0.2) is 0 Å². The zero-order valence-electron chi connectivity index (χ0n) is 12.2. The molecule has 0 fully saturated rings. The molecule has 0 radical (unpaired) electrons. The minimum absolute atomic E-state index is 0.649. The van der Waals surface area contributed by atoms with Crippen LogP contribution in [-0.4, -0.2) is 28.8 Å². The molecule has 0 spiro atoms. The number of rotatable bonds is 7. The van der Waals surface area contributed by atoms with Crippen LogP contribution in [0.25, 0.3) is 0 Å². The van der Waals surface area contributed by atoms with Crippen LogP contribution in [0.15, 0.2) is 0 Å². The smallest absolute Gasteiger partial charge is 0.0959 e. The summed E-state index contributed by atoms with van der Waals surface area (Å²) in [5, 5.41) is 14.8. The summed E-state index contributed by atoms with van der Waals surface area (Å²) in [6, 6.07) is 0. The summed E-state index contributed by atoms with van der Waals surface area (Å²) in [5.41, 5.74) is 0.421. The van der Waals surface area contributed by atoms with Crippen molar-refractivity contribution in [2.75, 3.05) is 13.1 Å². The van der Waals surface area contributed by atoms with Crippen molar-refractivity contribution in [1.29, 1.82) is 0 Å². The SMILES string of the molecule is Cc1nc(CC(C)(O)CCNCC(C)C)sc1C. The van der Waals surface area contributed by atoms with E-state index in [9.17, 15) is 5.11 Å². The molecular formula is C14H26N2OS. The average molecular weight is 270 g/mol. The third-order valence-electron chi connectivity index (χ3n) is 3.00. The van der Waals surface area contributed by atoms with Gasteiger partial charge >= 0.3 is 0 Å². The Morgan fingerprint density at radius 1 is 1.39 bits per heavy atom. The highest BCUT2D eigenvalue weighted by atomic mass is 32.1. The Balaban J connectivity index is 2.39. The molecule has 0 saturated heterocycles. The number of nitrogens with zero attached hydrogens (tertiary/aromatic N) is 1. The Morgan fingerprint density at radius 2 is 2.06 bits per heavy atom. The van der Waals surface area contributed by atoms with E-state index >= 15 is 0 Å². The Bertz CT molecular complexity index is 352.